The monoisotopic (exact) mass is 540 g/mol. The maximum atomic E-state index is 15.1. The molecule has 3 aromatic carbocycles. The first kappa shape index (κ1) is 28.4. The Kier molecular flexibility index (Phi) is 9.86. The molecule has 0 unspecified atom stereocenters. The van der Waals surface area contributed by atoms with Crippen LogP contribution in [0, 0.1) is 12.7 Å². The number of amides is 1. The van der Waals surface area contributed by atoms with E-state index < -0.39 is 0 Å². The topological polar surface area (TPSA) is 48.5 Å². The number of aromatic nitrogens is 1. The molecule has 1 saturated heterocycles. The fraction of sp³-hybridized carbons (Fsp3) is 0.241. The number of aryl methyl sites for hydroxylation is 1. The Morgan fingerprint density at radius 3 is 2.38 bits per heavy atom. The third kappa shape index (κ3) is 6.58. The fourth-order valence-corrected chi connectivity index (χ4v) is 4.66. The zero-order valence-electron chi connectivity index (χ0n) is 20.7. The molecule has 1 amide bonds. The van der Waals surface area contributed by atoms with Gasteiger partial charge in [0.1, 0.15) is 5.82 Å². The molecule has 1 aliphatic rings. The number of benzene rings is 3. The molecule has 4 aromatic rings. The molecule has 1 fully saturated rings. The highest BCUT2D eigenvalue weighted by Crippen LogP contribution is 2.27. The van der Waals surface area contributed by atoms with Gasteiger partial charge in [-0.05, 0) is 61.4 Å². The van der Waals surface area contributed by atoms with Crippen molar-refractivity contribution in [1.82, 2.24) is 9.88 Å². The zero-order chi connectivity index (χ0) is 24.2. The van der Waals surface area contributed by atoms with Crippen molar-refractivity contribution in [2.45, 2.75) is 13.3 Å². The highest BCUT2D eigenvalue weighted by Gasteiger charge is 2.20. The molecule has 0 saturated carbocycles. The first-order valence-corrected chi connectivity index (χ1v) is 12.1. The Bertz CT molecular complexity index is 1340. The van der Waals surface area contributed by atoms with E-state index in [0.29, 0.717) is 17.5 Å². The van der Waals surface area contributed by atoms with E-state index in [9.17, 15) is 4.79 Å². The number of fused-ring (bicyclic) bond motifs is 1. The lowest BCUT2D eigenvalue weighted by molar-refractivity contribution is 0.102. The number of hydrogen-bond acceptors (Lipinski definition) is 4. The lowest BCUT2D eigenvalue weighted by Gasteiger charge is -2.36. The average molecular weight is 541 g/mol. The maximum Gasteiger partial charge on any atom is 0.255 e. The third-order valence-corrected chi connectivity index (χ3v) is 6.62. The van der Waals surface area contributed by atoms with Crippen LogP contribution in [0.1, 0.15) is 21.6 Å². The SMILES string of the molecule is Cc1ccc2c(N3CCN(CCc4cccc(NC(=O)c5ccccc5)c4F)CC3)cccc2n1.Cl.Cl. The average Bonchev–Trinajstić information content (AvgIpc) is 2.89. The van der Waals surface area contributed by atoms with Crippen LogP contribution in [0.4, 0.5) is 15.8 Å². The number of pyridine rings is 1. The summed E-state index contributed by atoms with van der Waals surface area (Å²) in [5.74, 6) is -0.662. The van der Waals surface area contributed by atoms with Gasteiger partial charge in [0.15, 0.2) is 0 Å². The molecule has 1 aliphatic heterocycles. The largest absolute Gasteiger partial charge is 0.368 e. The molecule has 194 valence electrons. The van der Waals surface area contributed by atoms with E-state index in [-0.39, 0.29) is 42.2 Å². The Morgan fingerprint density at radius 2 is 1.62 bits per heavy atom. The van der Waals surface area contributed by atoms with Crippen LogP contribution in [-0.2, 0) is 6.42 Å². The quantitative estimate of drug-likeness (QED) is 0.319. The van der Waals surface area contributed by atoms with Gasteiger partial charge in [-0.25, -0.2) is 4.39 Å². The molecule has 2 heterocycles. The van der Waals surface area contributed by atoms with E-state index in [1.807, 2.05) is 13.0 Å². The van der Waals surface area contributed by atoms with Crippen molar-refractivity contribution in [2.75, 3.05) is 42.9 Å². The molecule has 0 bridgehead atoms. The lowest BCUT2D eigenvalue weighted by atomic mass is 10.1. The Hall–Kier alpha value is -3.19. The Morgan fingerprint density at radius 1 is 0.892 bits per heavy atom. The van der Waals surface area contributed by atoms with E-state index >= 15 is 4.39 Å². The van der Waals surface area contributed by atoms with Gasteiger partial charge in [0.2, 0.25) is 0 Å². The lowest BCUT2D eigenvalue weighted by Crippen LogP contribution is -2.47. The number of nitrogens with one attached hydrogen (secondary N) is 1. The molecule has 0 aliphatic carbocycles. The standard InChI is InChI=1S/C29H29FN4O.2ClH/c1-21-13-14-24-25(31-21)10-6-12-27(24)34-19-17-33(18-20-34)16-15-22-9-5-11-26(28(22)30)32-29(35)23-7-3-2-4-8-23;;/h2-14H,15-20H2,1H3,(H,32,35);2*1H. The van der Waals surface area contributed by atoms with Gasteiger partial charge >= 0.3 is 0 Å². The minimum absolute atomic E-state index is 0. The summed E-state index contributed by atoms with van der Waals surface area (Å²) in [6.45, 7) is 6.46. The number of piperazine rings is 1. The maximum absolute atomic E-state index is 15.1. The Balaban J connectivity index is 0.00000190. The van der Waals surface area contributed by atoms with Crippen LogP contribution < -0.4 is 10.2 Å². The van der Waals surface area contributed by atoms with E-state index in [0.717, 1.165) is 43.9 Å². The molecule has 0 radical (unpaired) electrons. The van der Waals surface area contributed by atoms with E-state index in [4.69, 9.17) is 0 Å². The molecule has 1 N–H and O–H groups in total. The van der Waals surface area contributed by atoms with Crippen LogP contribution in [0.15, 0.2) is 78.9 Å². The molecule has 8 heteroatoms. The molecule has 0 spiro atoms. The highest BCUT2D eigenvalue weighted by atomic mass is 35.5. The van der Waals surface area contributed by atoms with Crippen molar-refractivity contribution in [3.8, 4) is 0 Å². The fourth-order valence-electron chi connectivity index (χ4n) is 4.66. The summed E-state index contributed by atoms with van der Waals surface area (Å²) in [7, 11) is 0. The van der Waals surface area contributed by atoms with Crippen LogP contribution >= 0.6 is 24.8 Å². The van der Waals surface area contributed by atoms with Crippen molar-refractivity contribution in [1.29, 1.82) is 0 Å². The Labute approximate surface area is 229 Å². The minimum Gasteiger partial charge on any atom is -0.368 e. The number of rotatable bonds is 6. The summed E-state index contributed by atoms with van der Waals surface area (Å²) in [6.07, 6.45) is 0.596. The van der Waals surface area contributed by atoms with Crippen molar-refractivity contribution in [3.05, 3.63) is 102 Å². The van der Waals surface area contributed by atoms with Gasteiger partial charge in [0, 0.05) is 55.1 Å². The summed E-state index contributed by atoms with van der Waals surface area (Å²) in [5.41, 5.74) is 4.62. The van der Waals surface area contributed by atoms with Gasteiger partial charge in [-0.3, -0.25) is 14.7 Å². The van der Waals surface area contributed by atoms with Crippen LogP contribution in [0.3, 0.4) is 0 Å². The number of nitrogens with zero attached hydrogens (tertiary/aromatic N) is 3. The number of anilines is 2. The molecule has 5 rings (SSSR count). The summed E-state index contributed by atoms with van der Waals surface area (Å²) in [5, 5.41) is 3.89. The summed E-state index contributed by atoms with van der Waals surface area (Å²) >= 11 is 0. The predicted octanol–water partition coefficient (Wildman–Crippen LogP) is 6.14. The van der Waals surface area contributed by atoms with Crippen molar-refractivity contribution >= 4 is 53.0 Å². The summed E-state index contributed by atoms with van der Waals surface area (Å²) in [6, 6.07) is 24.6. The second kappa shape index (κ2) is 12.9. The normalized spacial score (nSPS) is 13.5. The highest BCUT2D eigenvalue weighted by molar-refractivity contribution is 6.04. The van der Waals surface area contributed by atoms with Crippen LogP contribution in [-0.4, -0.2) is 48.5 Å². The molecule has 1 aromatic heterocycles. The van der Waals surface area contributed by atoms with Crippen molar-refractivity contribution < 1.29 is 9.18 Å². The van der Waals surface area contributed by atoms with E-state index in [1.165, 1.54) is 11.1 Å². The first-order chi connectivity index (χ1) is 17.1. The number of hydrogen-bond donors (Lipinski definition) is 1. The van der Waals surface area contributed by atoms with Gasteiger partial charge in [0.25, 0.3) is 5.91 Å². The van der Waals surface area contributed by atoms with Crippen LogP contribution in [0.5, 0.6) is 0 Å². The number of carbonyl (C=O) groups excluding carboxylic acids is 1. The zero-order valence-corrected chi connectivity index (χ0v) is 22.3. The van der Waals surface area contributed by atoms with Gasteiger partial charge in [-0.1, -0.05) is 36.4 Å². The van der Waals surface area contributed by atoms with E-state index in [2.05, 4.69) is 50.4 Å². The van der Waals surface area contributed by atoms with Crippen molar-refractivity contribution in [2.24, 2.45) is 0 Å². The van der Waals surface area contributed by atoms with E-state index in [1.54, 1.807) is 42.5 Å². The molecule has 37 heavy (non-hydrogen) atoms. The minimum atomic E-state index is -0.353. The molecule has 0 atom stereocenters. The molecular formula is C29H31Cl2FN4O. The second-order valence-corrected chi connectivity index (χ2v) is 8.97. The van der Waals surface area contributed by atoms with Gasteiger partial charge < -0.3 is 10.2 Å². The third-order valence-electron chi connectivity index (χ3n) is 6.62. The molecular weight excluding hydrogens is 510 g/mol. The number of carbonyl (C=O) groups is 1. The van der Waals surface area contributed by atoms with Gasteiger partial charge in [-0.2, -0.15) is 0 Å². The first-order valence-electron chi connectivity index (χ1n) is 12.1. The predicted molar refractivity (Wildman–Crippen MR) is 154 cm³/mol. The van der Waals surface area contributed by atoms with Crippen molar-refractivity contribution in [3.63, 3.8) is 0 Å². The van der Waals surface area contributed by atoms with Crippen LogP contribution in [0.2, 0.25) is 0 Å². The van der Waals surface area contributed by atoms with Gasteiger partial charge in [0.05, 0.1) is 11.2 Å². The van der Waals surface area contributed by atoms with Gasteiger partial charge in [-0.15, -0.1) is 24.8 Å². The second-order valence-electron chi connectivity index (χ2n) is 8.97. The number of halogens is 3. The molecule has 5 nitrogen and oxygen atoms in total. The summed E-state index contributed by atoms with van der Waals surface area (Å²) in [4.78, 5) is 21.9. The summed E-state index contributed by atoms with van der Waals surface area (Å²) < 4.78 is 15.1. The van der Waals surface area contributed by atoms with Crippen LogP contribution in [0.25, 0.3) is 10.9 Å². The smallest absolute Gasteiger partial charge is 0.255 e.